The Morgan fingerprint density at radius 2 is 1.41 bits per heavy atom. The lowest BCUT2D eigenvalue weighted by molar-refractivity contribution is 1.43. The second-order valence-electron chi connectivity index (χ2n) is 9.62. The minimum absolute atomic E-state index is 0.165. The predicted octanol–water partition coefficient (Wildman–Crippen LogP) is 8.53. The van der Waals surface area contributed by atoms with E-state index in [9.17, 15) is 10.5 Å². The minimum atomic E-state index is 0.165. The van der Waals surface area contributed by atoms with Gasteiger partial charge in [0, 0.05) is 35.5 Å². The first-order valence-electron chi connectivity index (χ1n) is 12.9. The SMILES string of the molecule is Cc1cc(/C=C(\C#N)C2=CC=CC(=N)/C2=N\S)sc1-c1ccc(-c2sc(/C(N)=C(\C#N)C3=CC=CC(=N)/C3=N\S)cc2C)s1. The molecule has 2 aliphatic rings. The van der Waals surface area contributed by atoms with Gasteiger partial charge < -0.3 is 5.73 Å². The van der Waals surface area contributed by atoms with Crippen LogP contribution >= 0.6 is 59.6 Å². The van der Waals surface area contributed by atoms with Gasteiger partial charge in [-0.1, -0.05) is 24.3 Å². The zero-order valence-corrected chi connectivity index (χ0v) is 27.6. The number of thiol groups is 2. The van der Waals surface area contributed by atoms with Gasteiger partial charge in [-0.15, -0.1) is 34.0 Å². The third-order valence-corrected chi connectivity index (χ3v) is 11.1. The first-order valence-corrected chi connectivity index (χ1v) is 16.2. The van der Waals surface area contributed by atoms with Crippen LogP contribution in [-0.2, 0) is 0 Å². The van der Waals surface area contributed by atoms with Crippen molar-refractivity contribution in [1.82, 2.24) is 0 Å². The summed E-state index contributed by atoms with van der Waals surface area (Å²) in [6, 6.07) is 12.7. The molecular weight excluding hydrogens is 643 g/mol. The van der Waals surface area contributed by atoms with Crippen LogP contribution in [-0.4, -0.2) is 22.8 Å². The van der Waals surface area contributed by atoms with Gasteiger partial charge in [0.2, 0.25) is 0 Å². The van der Waals surface area contributed by atoms with E-state index in [1.54, 1.807) is 59.1 Å². The van der Waals surface area contributed by atoms with Crippen LogP contribution in [0.3, 0.4) is 0 Å². The Bertz CT molecular complexity index is 2070. The molecule has 2 aliphatic carbocycles. The van der Waals surface area contributed by atoms with Crippen molar-refractivity contribution < 1.29 is 0 Å². The molecule has 0 aromatic carbocycles. The molecule has 216 valence electrons. The first kappa shape index (κ1) is 31.1. The van der Waals surface area contributed by atoms with E-state index in [1.165, 1.54) is 11.3 Å². The maximum atomic E-state index is 10.00. The maximum absolute atomic E-state index is 10.00. The summed E-state index contributed by atoms with van der Waals surface area (Å²) in [5.41, 5.74) is 11.8. The fraction of sp³-hybridized carbons (Fsp3) is 0.0625. The number of hydrogen-bond donors (Lipinski definition) is 5. The number of nitrogens with one attached hydrogen (secondary N) is 2. The molecule has 4 N–H and O–H groups in total. The normalized spacial score (nSPS) is 17.5. The molecule has 3 heterocycles. The predicted molar refractivity (Wildman–Crippen MR) is 193 cm³/mol. The largest absolute Gasteiger partial charge is 0.396 e. The second kappa shape index (κ2) is 13.1. The molecular formula is C32H23N7S5. The Balaban J connectivity index is 1.47. The topological polar surface area (TPSA) is 146 Å². The number of allylic oxidation sites excluding steroid dienone is 10. The monoisotopic (exact) mass is 665 g/mol. The van der Waals surface area contributed by atoms with Gasteiger partial charge >= 0.3 is 0 Å². The molecule has 0 spiro atoms. The number of nitrogens with two attached hydrogens (primary N) is 1. The molecule has 0 fully saturated rings. The van der Waals surface area contributed by atoms with E-state index < -0.39 is 0 Å². The summed E-state index contributed by atoms with van der Waals surface area (Å²) in [7, 11) is 0. The molecule has 0 aliphatic heterocycles. The van der Waals surface area contributed by atoms with E-state index in [0.29, 0.717) is 33.8 Å². The van der Waals surface area contributed by atoms with E-state index in [-0.39, 0.29) is 17.0 Å². The van der Waals surface area contributed by atoms with Crippen molar-refractivity contribution in [3.05, 3.63) is 104 Å². The molecule has 0 atom stereocenters. The fourth-order valence-corrected chi connectivity index (χ4v) is 8.73. The highest BCUT2D eigenvalue weighted by Crippen LogP contribution is 2.44. The molecule has 44 heavy (non-hydrogen) atoms. The molecule has 7 nitrogen and oxygen atoms in total. The number of nitrogens with zero attached hydrogens (tertiary/aromatic N) is 4. The molecule has 0 radical (unpaired) electrons. The Hall–Kier alpha value is -4.30. The van der Waals surface area contributed by atoms with Gasteiger partial charge in [0.15, 0.2) is 0 Å². The Morgan fingerprint density at radius 1 is 0.841 bits per heavy atom. The Kier molecular flexibility index (Phi) is 9.30. The van der Waals surface area contributed by atoms with Gasteiger partial charge in [0.25, 0.3) is 0 Å². The van der Waals surface area contributed by atoms with Gasteiger partial charge in [0.1, 0.15) is 17.5 Å². The molecule has 0 saturated carbocycles. The van der Waals surface area contributed by atoms with Gasteiger partial charge in [0.05, 0.1) is 39.2 Å². The van der Waals surface area contributed by atoms with Crippen LogP contribution in [0, 0.1) is 47.3 Å². The van der Waals surface area contributed by atoms with Crippen LogP contribution in [0.1, 0.15) is 20.9 Å². The zero-order chi connectivity index (χ0) is 31.5. The van der Waals surface area contributed by atoms with E-state index >= 15 is 0 Å². The van der Waals surface area contributed by atoms with Crippen LogP contribution in [0.15, 0.2) is 91.8 Å². The van der Waals surface area contributed by atoms with E-state index in [4.69, 9.17) is 16.6 Å². The molecule has 0 bridgehead atoms. The van der Waals surface area contributed by atoms with Gasteiger partial charge in [-0.05, 0) is 93.1 Å². The van der Waals surface area contributed by atoms with Crippen molar-refractivity contribution in [2.24, 2.45) is 14.5 Å². The maximum Gasteiger partial charge on any atom is 0.104 e. The van der Waals surface area contributed by atoms with Gasteiger partial charge in [-0.2, -0.15) is 10.5 Å². The van der Waals surface area contributed by atoms with Crippen LogP contribution in [0.4, 0.5) is 0 Å². The smallest absolute Gasteiger partial charge is 0.104 e. The summed E-state index contributed by atoms with van der Waals surface area (Å²) in [6.45, 7) is 4.07. The zero-order valence-electron chi connectivity index (χ0n) is 23.3. The summed E-state index contributed by atoms with van der Waals surface area (Å²) in [5, 5.41) is 36.1. The van der Waals surface area contributed by atoms with E-state index in [2.05, 4.69) is 64.8 Å². The minimum Gasteiger partial charge on any atom is -0.396 e. The molecule has 0 saturated heterocycles. The van der Waals surface area contributed by atoms with Crippen molar-refractivity contribution >= 4 is 94.3 Å². The quantitative estimate of drug-likeness (QED) is 0.102. The number of hydrogen-bond acceptors (Lipinski definition) is 12. The summed E-state index contributed by atoms with van der Waals surface area (Å²) in [4.78, 5) is 6.03. The highest BCUT2D eigenvalue weighted by molar-refractivity contribution is 7.79. The lowest BCUT2D eigenvalue weighted by atomic mass is 9.93. The number of thiophene rings is 3. The summed E-state index contributed by atoms with van der Waals surface area (Å²) in [6.07, 6.45) is 12.0. The van der Waals surface area contributed by atoms with Crippen molar-refractivity contribution in [3.63, 3.8) is 0 Å². The Morgan fingerprint density at radius 3 is 2.00 bits per heavy atom. The highest BCUT2D eigenvalue weighted by Gasteiger charge is 2.23. The highest BCUT2D eigenvalue weighted by atomic mass is 32.1. The van der Waals surface area contributed by atoms with Crippen molar-refractivity contribution in [3.8, 4) is 31.6 Å². The molecule has 3 aromatic rings. The Labute approximate surface area is 277 Å². The average molecular weight is 666 g/mol. The molecule has 5 rings (SSSR count). The third-order valence-electron chi connectivity index (χ3n) is 6.79. The third kappa shape index (κ3) is 5.91. The lowest BCUT2D eigenvalue weighted by Crippen LogP contribution is -2.18. The van der Waals surface area contributed by atoms with Crippen molar-refractivity contribution in [2.75, 3.05) is 0 Å². The van der Waals surface area contributed by atoms with E-state index in [1.807, 2.05) is 26.0 Å². The summed E-state index contributed by atoms with van der Waals surface area (Å²) < 4.78 is 7.83. The number of rotatable bonds is 6. The summed E-state index contributed by atoms with van der Waals surface area (Å²) >= 11 is 12.8. The molecule has 0 amide bonds. The van der Waals surface area contributed by atoms with Crippen LogP contribution in [0.2, 0.25) is 0 Å². The first-order chi connectivity index (χ1) is 21.2. The second-order valence-corrected chi connectivity index (χ2v) is 13.2. The average Bonchev–Trinajstić information content (AvgIpc) is 3.74. The molecule has 12 heteroatoms. The lowest BCUT2D eigenvalue weighted by Gasteiger charge is -2.13. The van der Waals surface area contributed by atoms with Crippen LogP contribution < -0.4 is 5.73 Å². The van der Waals surface area contributed by atoms with Gasteiger partial charge in [-0.25, -0.2) is 8.80 Å². The molecule has 3 aromatic heterocycles. The van der Waals surface area contributed by atoms with E-state index in [0.717, 1.165) is 40.4 Å². The van der Waals surface area contributed by atoms with Gasteiger partial charge in [-0.3, -0.25) is 10.8 Å². The fourth-order valence-electron chi connectivity index (χ4n) is 4.69. The summed E-state index contributed by atoms with van der Waals surface area (Å²) in [5.74, 6) is 0. The standard InChI is InChI=1S/C32H23N7S5/c1-16-11-19(13-18(14-33)20-5-3-7-23(35)29(20)38-40)42-31(16)25-9-10-26(43-25)32-17(2)12-27(44-32)28(37)22(15-34)21-6-4-8-24(36)30(21)39-41/h3-13,35-36,40-41H,37H2,1-2H3/b18-13+,28-22-,35-23?,36-24?,38-29-,39-30-. The number of aryl methyl sites for hydroxylation is 2. The van der Waals surface area contributed by atoms with Crippen molar-refractivity contribution in [2.45, 2.75) is 13.8 Å². The van der Waals surface area contributed by atoms with Crippen molar-refractivity contribution in [1.29, 1.82) is 21.3 Å². The molecule has 0 unspecified atom stereocenters. The van der Waals surface area contributed by atoms with Crippen LogP contribution in [0.5, 0.6) is 0 Å². The number of nitriles is 2. The van der Waals surface area contributed by atoms with Crippen LogP contribution in [0.25, 0.3) is 31.3 Å².